The van der Waals surface area contributed by atoms with Gasteiger partial charge in [-0.15, -0.1) is 12.4 Å². The van der Waals surface area contributed by atoms with Crippen LogP contribution >= 0.6 is 12.4 Å². The topological polar surface area (TPSA) is 32.3 Å². The van der Waals surface area contributed by atoms with E-state index in [0.717, 1.165) is 6.42 Å². The predicted octanol–water partition coefficient (Wildman–Crippen LogP) is 1.27. The summed E-state index contributed by atoms with van der Waals surface area (Å²) in [5, 5.41) is 3.10. The molecular weight excluding hydrogens is 238 g/mol. The van der Waals surface area contributed by atoms with Crippen LogP contribution in [0.4, 0.5) is 8.78 Å². The van der Waals surface area contributed by atoms with Crippen LogP contribution in [0, 0.1) is 5.92 Å². The Morgan fingerprint density at radius 3 is 2.50 bits per heavy atom. The lowest BCUT2D eigenvalue weighted by atomic mass is 9.80. The number of nitrogens with zero attached hydrogens (tertiary/aromatic N) is 1. The third-order valence-electron chi connectivity index (χ3n) is 3.35. The van der Waals surface area contributed by atoms with Gasteiger partial charge in [-0.3, -0.25) is 4.79 Å². The Morgan fingerprint density at radius 2 is 2.06 bits per heavy atom. The molecule has 1 aliphatic carbocycles. The zero-order valence-corrected chi connectivity index (χ0v) is 10.0. The van der Waals surface area contributed by atoms with Gasteiger partial charge in [-0.2, -0.15) is 0 Å². The molecule has 6 heteroatoms. The van der Waals surface area contributed by atoms with Gasteiger partial charge in [-0.25, -0.2) is 8.78 Å². The van der Waals surface area contributed by atoms with Gasteiger partial charge in [0.25, 0.3) is 0 Å². The number of carbonyl (C=O) groups excluding carboxylic acids is 1. The summed E-state index contributed by atoms with van der Waals surface area (Å²) in [4.78, 5) is 13.5. The van der Waals surface area contributed by atoms with Crippen molar-refractivity contribution in [2.24, 2.45) is 5.92 Å². The first-order chi connectivity index (χ1) is 7.02. The van der Waals surface area contributed by atoms with Crippen LogP contribution in [0.1, 0.15) is 19.3 Å². The molecule has 0 radical (unpaired) electrons. The molecule has 2 rings (SSSR count). The molecule has 3 nitrogen and oxygen atoms in total. The fourth-order valence-corrected chi connectivity index (χ4v) is 2.29. The van der Waals surface area contributed by atoms with E-state index >= 15 is 0 Å². The van der Waals surface area contributed by atoms with E-state index in [9.17, 15) is 13.6 Å². The van der Waals surface area contributed by atoms with Crippen molar-refractivity contribution in [1.29, 1.82) is 0 Å². The number of alkyl halides is 2. The van der Waals surface area contributed by atoms with E-state index in [0.29, 0.717) is 19.1 Å². The first kappa shape index (κ1) is 13.6. The van der Waals surface area contributed by atoms with Gasteiger partial charge in [0, 0.05) is 37.9 Å². The minimum absolute atomic E-state index is 0. The Hall–Kier alpha value is -0.420. The fraction of sp³-hybridized carbons (Fsp3) is 0.900. The third-order valence-corrected chi connectivity index (χ3v) is 3.35. The van der Waals surface area contributed by atoms with Gasteiger partial charge in [0.2, 0.25) is 11.8 Å². The van der Waals surface area contributed by atoms with E-state index in [4.69, 9.17) is 0 Å². The molecule has 16 heavy (non-hydrogen) atoms. The number of amides is 1. The molecule has 1 saturated carbocycles. The lowest BCUT2D eigenvalue weighted by Gasteiger charge is -2.36. The normalized spacial score (nSPS) is 28.4. The number of likely N-dealkylation sites (N-methyl/N-ethyl adjacent to an activating group) is 1. The molecule has 1 N–H and O–H groups in total. The Bertz CT molecular complexity index is 268. The van der Waals surface area contributed by atoms with Gasteiger partial charge in [0.15, 0.2) is 0 Å². The molecule has 0 unspecified atom stereocenters. The molecule has 0 aromatic rings. The summed E-state index contributed by atoms with van der Waals surface area (Å²) in [6.07, 6.45) is 0.407. The highest BCUT2D eigenvalue weighted by Gasteiger charge is 2.50. The van der Waals surface area contributed by atoms with Crippen LogP contribution in [0.3, 0.4) is 0 Å². The van der Waals surface area contributed by atoms with E-state index in [-0.39, 0.29) is 31.2 Å². The highest BCUT2D eigenvalue weighted by Crippen LogP contribution is 2.43. The van der Waals surface area contributed by atoms with Crippen LogP contribution in [0.25, 0.3) is 0 Å². The molecule has 1 amide bonds. The summed E-state index contributed by atoms with van der Waals surface area (Å²) in [5.41, 5.74) is 0. The standard InChI is InChI=1S/C10H16F2N2O.ClH/c1-13-8-2-3-14(6-8)9(15)7-4-10(11,12)5-7;/h7-8,13H,2-6H2,1H3;1H/t8-;/m0./s1. The quantitative estimate of drug-likeness (QED) is 0.805. The van der Waals surface area contributed by atoms with Crippen LogP contribution in [-0.2, 0) is 4.79 Å². The maximum absolute atomic E-state index is 12.6. The summed E-state index contributed by atoms with van der Waals surface area (Å²) in [5.74, 6) is -3.11. The Kier molecular flexibility index (Phi) is 4.12. The second kappa shape index (κ2) is 4.84. The molecule has 2 fully saturated rings. The summed E-state index contributed by atoms with van der Waals surface area (Å²) >= 11 is 0. The van der Waals surface area contributed by atoms with Gasteiger partial charge < -0.3 is 10.2 Å². The molecule has 0 aromatic heterocycles. The van der Waals surface area contributed by atoms with Crippen LogP contribution in [-0.4, -0.2) is 42.9 Å². The number of nitrogens with one attached hydrogen (secondary N) is 1. The number of hydrogen-bond donors (Lipinski definition) is 1. The van der Waals surface area contributed by atoms with Crippen molar-refractivity contribution < 1.29 is 13.6 Å². The van der Waals surface area contributed by atoms with Gasteiger partial charge in [-0.1, -0.05) is 0 Å². The van der Waals surface area contributed by atoms with Crippen LogP contribution in [0.5, 0.6) is 0 Å². The number of rotatable bonds is 2. The van der Waals surface area contributed by atoms with Crippen LogP contribution < -0.4 is 5.32 Å². The largest absolute Gasteiger partial charge is 0.341 e. The smallest absolute Gasteiger partial charge is 0.249 e. The van der Waals surface area contributed by atoms with E-state index < -0.39 is 11.8 Å². The molecule has 0 aromatic carbocycles. The fourth-order valence-electron chi connectivity index (χ4n) is 2.29. The molecule has 1 aliphatic heterocycles. The van der Waals surface area contributed by atoms with E-state index in [1.165, 1.54) is 0 Å². The SMILES string of the molecule is CN[C@H]1CCN(C(=O)C2CC(F)(F)C2)C1.Cl. The summed E-state index contributed by atoms with van der Waals surface area (Å²) < 4.78 is 25.2. The van der Waals surface area contributed by atoms with Crippen molar-refractivity contribution in [3.8, 4) is 0 Å². The summed E-state index contributed by atoms with van der Waals surface area (Å²) in [6.45, 7) is 1.36. The lowest BCUT2D eigenvalue weighted by Crippen LogP contribution is -2.46. The molecule has 1 atom stereocenters. The van der Waals surface area contributed by atoms with Crippen molar-refractivity contribution in [2.45, 2.75) is 31.2 Å². The number of hydrogen-bond acceptors (Lipinski definition) is 2. The Balaban J connectivity index is 0.00000128. The van der Waals surface area contributed by atoms with Gasteiger partial charge in [0.05, 0.1) is 0 Å². The first-order valence-corrected chi connectivity index (χ1v) is 5.36. The van der Waals surface area contributed by atoms with Gasteiger partial charge >= 0.3 is 0 Å². The minimum Gasteiger partial charge on any atom is -0.341 e. The van der Waals surface area contributed by atoms with Crippen molar-refractivity contribution in [3.05, 3.63) is 0 Å². The van der Waals surface area contributed by atoms with E-state index in [1.54, 1.807) is 4.90 Å². The Labute approximate surface area is 100.0 Å². The highest BCUT2D eigenvalue weighted by molar-refractivity contribution is 5.85. The maximum atomic E-state index is 12.6. The van der Waals surface area contributed by atoms with Crippen LogP contribution in [0.2, 0.25) is 0 Å². The zero-order valence-electron chi connectivity index (χ0n) is 9.21. The zero-order chi connectivity index (χ0) is 11.1. The second-order valence-electron chi connectivity index (χ2n) is 4.52. The number of halogens is 3. The molecule has 2 aliphatic rings. The van der Waals surface area contributed by atoms with Crippen molar-refractivity contribution in [2.75, 3.05) is 20.1 Å². The molecule has 1 saturated heterocycles. The summed E-state index contributed by atoms with van der Waals surface area (Å²) in [7, 11) is 1.86. The molecule has 0 bridgehead atoms. The van der Waals surface area contributed by atoms with E-state index in [2.05, 4.69) is 5.32 Å². The average molecular weight is 255 g/mol. The number of likely N-dealkylation sites (tertiary alicyclic amines) is 1. The van der Waals surface area contributed by atoms with Crippen molar-refractivity contribution in [1.82, 2.24) is 10.2 Å². The number of carbonyl (C=O) groups is 1. The maximum Gasteiger partial charge on any atom is 0.249 e. The third kappa shape index (κ3) is 2.63. The monoisotopic (exact) mass is 254 g/mol. The van der Waals surface area contributed by atoms with Crippen molar-refractivity contribution in [3.63, 3.8) is 0 Å². The Morgan fingerprint density at radius 1 is 1.44 bits per heavy atom. The van der Waals surface area contributed by atoms with Gasteiger partial charge in [-0.05, 0) is 13.5 Å². The first-order valence-electron chi connectivity index (χ1n) is 5.36. The molecule has 0 spiro atoms. The highest BCUT2D eigenvalue weighted by atomic mass is 35.5. The average Bonchev–Trinajstić information content (AvgIpc) is 2.61. The predicted molar refractivity (Wildman–Crippen MR) is 59.0 cm³/mol. The van der Waals surface area contributed by atoms with Gasteiger partial charge in [0.1, 0.15) is 0 Å². The minimum atomic E-state index is -2.59. The van der Waals surface area contributed by atoms with E-state index in [1.807, 2.05) is 7.05 Å². The molecule has 1 heterocycles. The lowest BCUT2D eigenvalue weighted by molar-refractivity contribution is -0.158. The molecular formula is C10H17ClF2N2O. The second-order valence-corrected chi connectivity index (χ2v) is 4.52. The van der Waals surface area contributed by atoms with Crippen molar-refractivity contribution >= 4 is 18.3 Å². The van der Waals surface area contributed by atoms with Crippen LogP contribution in [0.15, 0.2) is 0 Å². The molecule has 94 valence electrons. The summed E-state index contributed by atoms with van der Waals surface area (Å²) in [6, 6.07) is 0.328.